The van der Waals surface area contributed by atoms with Crippen LogP contribution in [0.2, 0.25) is 0 Å². The molecular weight excluding hydrogens is 442 g/mol. The molecular formula is C27H35N5OS. The maximum Gasteiger partial charge on any atom is 0.234 e. The highest BCUT2D eigenvalue weighted by atomic mass is 32.2. The third-order valence-electron chi connectivity index (χ3n) is 6.25. The number of amides is 1. The van der Waals surface area contributed by atoms with Gasteiger partial charge in [0.05, 0.1) is 12.3 Å². The Morgan fingerprint density at radius 1 is 0.941 bits per heavy atom. The Hall–Kier alpha value is -2.64. The highest BCUT2D eigenvalue weighted by Crippen LogP contribution is 2.33. The van der Waals surface area contributed by atoms with Gasteiger partial charge in [0.15, 0.2) is 11.0 Å². The maximum absolute atomic E-state index is 13.1. The minimum atomic E-state index is -0.0243. The van der Waals surface area contributed by atoms with Gasteiger partial charge in [-0.15, -0.1) is 10.2 Å². The molecule has 0 saturated carbocycles. The van der Waals surface area contributed by atoms with Crippen LogP contribution in [-0.2, 0) is 11.3 Å². The topological polar surface area (TPSA) is 63.1 Å². The first-order chi connectivity index (χ1) is 16.4. The smallest absolute Gasteiger partial charge is 0.234 e. The molecule has 3 aromatic rings. The van der Waals surface area contributed by atoms with Gasteiger partial charge in [-0.2, -0.15) is 0 Å². The van der Waals surface area contributed by atoms with Crippen molar-refractivity contribution in [3.05, 3.63) is 65.5 Å². The van der Waals surface area contributed by atoms with E-state index in [9.17, 15) is 4.79 Å². The van der Waals surface area contributed by atoms with Crippen LogP contribution in [0.3, 0.4) is 0 Å². The number of rotatable bonds is 9. The van der Waals surface area contributed by atoms with Crippen LogP contribution < -0.4 is 5.32 Å². The van der Waals surface area contributed by atoms with E-state index in [0.717, 1.165) is 42.0 Å². The minimum absolute atomic E-state index is 0.0243. The van der Waals surface area contributed by atoms with E-state index >= 15 is 0 Å². The summed E-state index contributed by atoms with van der Waals surface area (Å²) in [6.45, 7) is 11.6. The second-order valence-corrected chi connectivity index (χ2v) is 10.5. The first-order valence-electron chi connectivity index (χ1n) is 12.2. The fourth-order valence-corrected chi connectivity index (χ4v) is 5.25. The van der Waals surface area contributed by atoms with Crippen LogP contribution in [0.1, 0.15) is 69.3 Å². The molecule has 0 radical (unpaired) electrons. The molecule has 1 aliphatic rings. The summed E-state index contributed by atoms with van der Waals surface area (Å²) < 4.78 is 2.10. The summed E-state index contributed by atoms with van der Waals surface area (Å²) in [4.78, 5) is 15.5. The van der Waals surface area contributed by atoms with Crippen LogP contribution in [0, 0.1) is 0 Å². The summed E-state index contributed by atoms with van der Waals surface area (Å²) in [6, 6.07) is 16.5. The summed E-state index contributed by atoms with van der Waals surface area (Å²) in [5, 5.41) is 12.9. The molecule has 1 N–H and O–H groups in total. The van der Waals surface area contributed by atoms with Crippen molar-refractivity contribution in [2.24, 2.45) is 0 Å². The molecule has 0 spiro atoms. The van der Waals surface area contributed by atoms with Crippen molar-refractivity contribution in [1.29, 1.82) is 0 Å². The molecule has 1 aromatic heterocycles. The summed E-state index contributed by atoms with van der Waals surface area (Å²) in [5.41, 5.74) is 4.32. The molecule has 34 heavy (non-hydrogen) atoms. The highest BCUT2D eigenvalue weighted by Gasteiger charge is 2.21. The lowest BCUT2D eigenvalue weighted by atomic mass is 9.92. The molecule has 7 heteroatoms. The predicted octanol–water partition coefficient (Wildman–Crippen LogP) is 5.84. The number of likely N-dealkylation sites (tertiary alicyclic amines) is 1. The van der Waals surface area contributed by atoms with Crippen LogP contribution in [0.25, 0.3) is 5.69 Å². The van der Waals surface area contributed by atoms with Gasteiger partial charge >= 0.3 is 0 Å². The number of hydrogen-bond acceptors (Lipinski definition) is 5. The van der Waals surface area contributed by atoms with Crippen molar-refractivity contribution in [3.63, 3.8) is 0 Å². The normalized spacial score (nSPS) is 14.3. The molecule has 0 unspecified atom stereocenters. The van der Waals surface area contributed by atoms with E-state index in [4.69, 9.17) is 0 Å². The van der Waals surface area contributed by atoms with Crippen LogP contribution in [-0.4, -0.2) is 44.4 Å². The van der Waals surface area contributed by atoms with E-state index in [-0.39, 0.29) is 11.7 Å². The van der Waals surface area contributed by atoms with Crippen LogP contribution >= 0.6 is 11.8 Å². The number of anilines is 1. The van der Waals surface area contributed by atoms with Crippen LogP contribution in [0.5, 0.6) is 0 Å². The second kappa shape index (κ2) is 11.2. The Labute approximate surface area is 207 Å². The molecule has 1 saturated heterocycles. The second-order valence-electron chi connectivity index (χ2n) is 9.51. The van der Waals surface area contributed by atoms with Crippen molar-refractivity contribution in [3.8, 4) is 5.69 Å². The number of carbonyl (C=O) groups excluding carboxylic acids is 1. The van der Waals surface area contributed by atoms with Gasteiger partial charge in [-0.05, 0) is 61.0 Å². The predicted molar refractivity (Wildman–Crippen MR) is 140 cm³/mol. The average molecular weight is 478 g/mol. The summed E-state index contributed by atoms with van der Waals surface area (Å²) in [5.74, 6) is 1.83. The van der Waals surface area contributed by atoms with E-state index in [1.807, 2.05) is 18.2 Å². The zero-order valence-electron chi connectivity index (χ0n) is 20.6. The lowest BCUT2D eigenvalue weighted by Crippen LogP contribution is -2.21. The number of nitrogens with one attached hydrogen (secondary N) is 1. The number of hydrogen-bond donors (Lipinski definition) is 1. The molecule has 0 bridgehead atoms. The molecule has 1 aliphatic heterocycles. The van der Waals surface area contributed by atoms with Gasteiger partial charge in [0.25, 0.3) is 0 Å². The molecule has 2 aromatic carbocycles. The van der Waals surface area contributed by atoms with Gasteiger partial charge in [0.2, 0.25) is 5.91 Å². The van der Waals surface area contributed by atoms with E-state index in [2.05, 4.69) is 83.0 Å². The molecule has 6 nitrogen and oxygen atoms in total. The van der Waals surface area contributed by atoms with Crippen LogP contribution in [0.4, 0.5) is 5.69 Å². The van der Waals surface area contributed by atoms with Crippen LogP contribution in [0.15, 0.2) is 53.7 Å². The number of para-hydroxylation sites is 2. The lowest BCUT2D eigenvalue weighted by molar-refractivity contribution is -0.113. The number of thioether (sulfide) groups is 1. The molecule has 0 aliphatic carbocycles. The molecule has 1 fully saturated rings. The summed E-state index contributed by atoms with van der Waals surface area (Å²) >= 11 is 1.44. The quantitative estimate of drug-likeness (QED) is 0.392. The summed E-state index contributed by atoms with van der Waals surface area (Å²) in [6.07, 6.45) is 2.47. The maximum atomic E-state index is 13.1. The van der Waals surface area contributed by atoms with E-state index in [1.165, 1.54) is 35.7 Å². The van der Waals surface area contributed by atoms with Gasteiger partial charge in [-0.25, -0.2) is 0 Å². The van der Waals surface area contributed by atoms with Crippen molar-refractivity contribution in [1.82, 2.24) is 19.7 Å². The van der Waals surface area contributed by atoms with Crippen molar-refractivity contribution in [2.75, 3.05) is 24.2 Å². The van der Waals surface area contributed by atoms with Gasteiger partial charge in [0, 0.05) is 11.4 Å². The first kappa shape index (κ1) is 24.5. The van der Waals surface area contributed by atoms with Crippen molar-refractivity contribution in [2.45, 2.75) is 64.1 Å². The molecule has 180 valence electrons. The number of nitrogens with zero attached hydrogens (tertiary/aromatic N) is 4. The monoisotopic (exact) mass is 477 g/mol. The van der Waals surface area contributed by atoms with Gasteiger partial charge in [0.1, 0.15) is 0 Å². The third kappa shape index (κ3) is 5.70. The van der Waals surface area contributed by atoms with Crippen molar-refractivity contribution < 1.29 is 4.79 Å². The Morgan fingerprint density at radius 3 is 2.21 bits per heavy atom. The Kier molecular flexibility index (Phi) is 8.06. The molecule has 1 amide bonds. The zero-order valence-corrected chi connectivity index (χ0v) is 21.4. The largest absolute Gasteiger partial charge is 0.325 e. The Balaban J connectivity index is 1.53. The van der Waals surface area contributed by atoms with E-state index in [1.54, 1.807) is 0 Å². The Morgan fingerprint density at radius 2 is 1.59 bits per heavy atom. The van der Waals surface area contributed by atoms with Crippen molar-refractivity contribution >= 4 is 23.4 Å². The van der Waals surface area contributed by atoms with Gasteiger partial charge in [-0.3, -0.25) is 14.3 Å². The molecule has 2 heterocycles. The van der Waals surface area contributed by atoms with Gasteiger partial charge in [-0.1, -0.05) is 75.9 Å². The zero-order chi connectivity index (χ0) is 24.1. The molecule has 0 atom stereocenters. The van der Waals surface area contributed by atoms with E-state index in [0.29, 0.717) is 11.8 Å². The summed E-state index contributed by atoms with van der Waals surface area (Å²) in [7, 11) is 0. The average Bonchev–Trinajstić information content (AvgIpc) is 3.48. The standard InChI is InChI=1S/C27H35N5OS/c1-19(2)22-13-10-14-23(20(3)4)26(22)28-25(33)18-34-27-30-29-24(17-31-15-8-9-16-31)32(27)21-11-6-5-7-12-21/h5-7,10-14,19-20H,8-9,15-18H2,1-4H3,(H,28,33). The highest BCUT2D eigenvalue weighted by molar-refractivity contribution is 7.99. The fourth-order valence-electron chi connectivity index (χ4n) is 4.47. The minimum Gasteiger partial charge on any atom is -0.325 e. The fraction of sp³-hybridized carbons (Fsp3) is 0.444. The number of benzene rings is 2. The SMILES string of the molecule is CC(C)c1cccc(C(C)C)c1NC(=O)CSc1nnc(CN2CCCC2)n1-c1ccccc1. The first-order valence-corrected chi connectivity index (χ1v) is 13.2. The third-order valence-corrected chi connectivity index (χ3v) is 7.18. The van der Waals surface area contributed by atoms with E-state index < -0.39 is 0 Å². The molecule has 4 rings (SSSR count). The number of aromatic nitrogens is 3. The van der Waals surface area contributed by atoms with Gasteiger partial charge < -0.3 is 5.32 Å². The number of carbonyl (C=O) groups is 1. The Bertz CT molecular complexity index is 1080. The lowest BCUT2D eigenvalue weighted by Gasteiger charge is -2.20.